The van der Waals surface area contributed by atoms with Crippen LogP contribution in [0.5, 0.6) is 0 Å². The van der Waals surface area contributed by atoms with E-state index in [1.807, 2.05) is 30.3 Å². The second-order valence-corrected chi connectivity index (χ2v) is 6.01. The molecule has 1 aromatic carbocycles. The zero-order chi connectivity index (χ0) is 16.8. The van der Waals surface area contributed by atoms with Gasteiger partial charge in [0, 0.05) is 12.2 Å². The Balaban J connectivity index is 1.56. The summed E-state index contributed by atoms with van der Waals surface area (Å²) in [6.07, 6.45) is 4.99. The Bertz CT molecular complexity index is 734. The number of rotatable bonds is 6. The average Bonchev–Trinajstić information content (AvgIpc) is 3.12. The van der Waals surface area contributed by atoms with Crippen LogP contribution in [-0.4, -0.2) is 30.1 Å². The standard InChI is InChI=1S/C19H22N2O3/c22-18(20-12-13-24-15-8-4-5-9-15)16-10-11-17(21-19(16)23)14-6-2-1-3-7-14/h1-3,6-7,10-11,15H,4-5,8-9,12-13H2,(H,20,22)(H,21,23). The van der Waals surface area contributed by atoms with Gasteiger partial charge in [-0.05, 0) is 30.5 Å². The smallest absolute Gasteiger partial charge is 0.261 e. The highest BCUT2D eigenvalue weighted by Crippen LogP contribution is 2.20. The molecule has 0 radical (unpaired) electrons. The van der Waals surface area contributed by atoms with Crippen LogP contribution >= 0.6 is 0 Å². The summed E-state index contributed by atoms with van der Waals surface area (Å²) < 4.78 is 5.70. The lowest BCUT2D eigenvalue weighted by Gasteiger charge is -2.11. The first-order valence-corrected chi connectivity index (χ1v) is 8.42. The van der Waals surface area contributed by atoms with Gasteiger partial charge in [0.05, 0.1) is 12.7 Å². The van der Waals surface area contributed by atoms with Crippen molar-refractivity contribution < 1.29 is 9.53 Å². The summed E-state index contributed by atoms with van der Waals surface area (Å²) in [6, 6.07) is 12.8. The highest BCUT2D eigenvalue weighted by Gasteiger charge is 2.15. The molecule has 0 bridgehead atoms. The predicted molar refractivity (Wildman–Crippen MR) is 93.0 cm³/mol. The molecule has 1 saturated carbocycles. The lowest BCUT2D eigenvalue weighted by molar-refractivity contribution is 0.0581. The zero-order valence-corrected chi connectivity index (χ0v) is 13.6. The van der Waals surface area contributed by atoms with Gasteiger partial charge in [0.2, 0.25) is 0 Å². The highest BCUT2D eigenvalue weighted by molar-refractivity contribution is 5.94. The minimum absolute atomic E-state index is 0.121. The monoisotopic (exact) mass is 326 g/mol. The van der Waals surface area contributed by atoms with Crippen LogP contribution in [0.1, 0.15) is 36.0 Å². The van der Waals surface area contributed by atoms with E-state index in [1.54, 1.807) is 12.1 Å². The summed E-state index contributed by atoms with van der Waals surface area (Å²) in [6.45, 7) is 0.894. The van der Waals surface area contributed by atoms with Crippen molar-refractivity contribution in [3.05, 3.63) is 58.4 Å². The second-order valence-electron chi connectivity index (χ2n) is 6.01. The molecular formula is C19H22N2O3. The zero-order valence-electron chi connectivity index (χ0n) is 13.6. The Morgan fingerprint density at radius 2 is 1.88 bits per heavy atom. The molecule has 1 aliphatic rings. The molecule has 24 heavy (non-hydrogen) atoms. The number of hydrogen-bond donors (Lipinski definition) is 2. The topological polar surface area (TPSA) is 71.2 Å². The van der Waals surface area contributed by atoms with Gasteiger partial charge in [-0.2, -0.15) is 0 Å². The van der Waals surface area contributed by atoms with Crippen LogP contribution in [0.2, 0.25) is 0 Å². The molecular weight excluding hydrogens is 304 g/mol. The largest absolute Gasteiger partial charge is 0.376 e. The lowest BCUT2D eigenvalue weighted by atomic mass is 10.1. The number of pyridine rings is 1. The van der Waals surface area contributed by atoms with Gasteiger partial charge in [0.25, 0.3) is 11.5 Å². The van der Waals surface area contributed by atoms with Gasteiger partial charge >= 0.3 is 0 Å². The van der Waals surface area contributed by atoms with E-state index in [9.17, 15) is 9.59 Å². The van der Waals surface area contributed by atoms with Gasteiger partial charge in [0.1, 0.15) is 5.56 Å². The van der Waals surface area contributed by atoms with Crippen molar-refractivity contribution in [2.24, 2.45) is 0 Å². The van der Waals surface area contributed by atoms with Crippen LogP contribution in [0.3, 0.4) is 0 Å². The molecule has 2 N–H and O–H groups in total. The first-order valence-electron chi connectivity index (χ1n) is 8.42. The van der Waals surface area contributed by atoms with E-state index in [1.165, 1.54) is 12.8 Å². The summed E-state index contributed by atoms with van der Waals surface area (Å²) in [7, 11) is 0. The molecule has 0 saturated heterocycles. The maximum Gasteiger partial charge on any atom is 0.261 e. The second kappa shape index (κ2) is 7.93. The number of aromatic nitrogens is 1. The van der Waals surface area contributed by atoms with Gasteiger partial charge in [-0.15, -0.1) is 0 Å². The van der Waals surface area contributed by atoms with Crippen molar-refractivity contribution in [2.75, 3.05) is 13.2 Å². The first kappa shape index (κ1) is 16.5. The van der Waals surface area contributed by atoms with Crippen molar-refractivity contribution in [2.45, 2.75) is 31.8 Å². The van der Waals surface area contributed by atoms with Crippen LogP contribution in [0, 0.1) is 0 Å². The third-order valence-corrected chi connectivity index (χ3v) is 4.28. The molecule has 0 aliphatic heterocycles. The molecule has 0 spiro atoms. The number of aromatic amines is 1. The van der Waals surface area contributed by atoms with Crippen LogP contribution < -0.4 is 10.9 Å². The quantitative estimate of drug-likeness (QED) is 0.802. The molecule has 0 unspecified atom stereocenters. The number of nitrogens with one attached hydrogen (secondary N) is 2. The number of H-pyrrole nitrogens is 1. The van der Waals surface area contributed by atoms with Crippen molar-refractivity contribution in [3.63, 3.8) is 0 Å². The summed E-state index contributed by atoms with van der Waals surface area (Å²) in [5.74, 6) is -0.370. The number of benzene rings is 1. The minimum atomic E-state index is -0.384. The van der Waals surface area contributed by atoms with E-state index in [4.69, 9.17) is 4.74 Å². The summed E-state index contributed by atoms with van der Waals surface area (Å²) in [4.78, 5) is 27.0. The molecule has 1 amide bonds. The average molecular weight is 326 g/mol. The molecule has 5 nitrogen and oxygen atoms in total. The molecule has 1 aliphatic carbocycles. The number of ether oxygens (including phenoxy) is 1. The predicted octanol–water partition coefficient (Wildman–Crippen LogP) is 2.73. The fourth-order valence-corrected chi connectivity index (χ4v) is 2.98. The van der Waals surface area contributed by atoms with Crippen molar-refractivity contribution in [3.8, 4) is 11.3 Å². The SMILES string of the molecule is O=C(NCCOC1CCCC1)c1ccc(-c2ccccc2)[nH]c1=O. The molecule has 0 atom stereocenters. The fraction of sp³-hybridized carbons (Fsp3) is 0.368. The maximum atomic E-state index is 12.1. The molecule has 5 heteroatoms. The van der Waals surface area contributed by atoms with Crippen molar-refractivity contribution in [1.82, 2.24) is 10.3 Å². The Hall–Kier alpha value is -2.40. The summed E-state index contributed by atoms with van der Waals surface area (Å²) in [5, 5.41) is 2.74. The normalized spacial score (nSPS) is 14.7. The number of carbonyl (C=O) groups is 1. The van der Waals surface area contributed by atoms with Crippen LogP contribution in [-0.2, 0) is 4.74 Å². The molecule has 1 heterocycles. The summed E-state index contributed by atoms with van der Waals surface area (Å²) in [5.41, 5.74) is 1.34. The minimum Gasteiger partial charge on any atom is -0.376 e. The van der Waals surface area contributed by atoms with E-state index in [2.05, 4.69) is 10.3 Å². The Morgan fingerprint density at radius 1 is 1.12 bits per heavy atom. The van der Waals surface area contributed by atoms with Crippen LogP contribution in [0.15, 0.2) is 47.3 Å². The van der Waals surface area contributed by atoms with E-state index in [0.717, 1.165) is 18.4 Å². The van der Waals surface area contributed by atoms with E-state index in [0.29, 0.717) is 24.9 Å². The molecule has 3 rings (SSSR count). The molecule has 1 fully saturated rings. The van der Waals surface area contributed by atoms with Crippen molar-refractivity contribution >= 4 is 5.91 Å². The fourth-order valence-electron chi connectivity index (χ4n) is 2.98. The third kappa shape index (κ3) is 4.11. The molecule has 1 aromatic heterocycles. The molecule has 126 valence electrons. The van der Waals surface area contributed by atoms with Crippen molar-refractivity contribution in [1.29, 1.82) is 0 Å². The van der Waals surface area contributed by atoms with E-state index >= 15 is 0 Å². The Morgan fingerprint density at radius 3 is 2.58 bits per heavy atom. The Kier molecular flexibility index (Phi) is 5.43. The van der Waals surface area contributed by atoms with Gasteiger partial charge in [-0.25, -0.2) is 0 Å². The van der Waals surface area contributed by atoms with E-state index in [-0.39, 0.29) is 17.0 Å². The lowest BCUT2D eigenvalue weighted by Crippen LogP contribution is -2.32. The van der Waals surface area contributed by atoms with Gasteiger partial charge in [-0.3, -0.25) is 9.59 Å². The van der Waals surface area contributed by atoms with Gasteiger partial charge in [0.15, 0.2) is 0 Å². The third-order valence-electron chi connectivity index (χ3n) is 4.28. The Labute approximate surface area is 141 Å². The number of amides is 1. The maximum absolute atomic E-state index is 12.1. The van der Waals surface area contributed by atoms with Gasteiger partial charge in [-0.1, -0.05) is 43.2 Å². The van der Waals surface area contributed by atoms with Gasteiger partial charge < -0.3 is 15.0 Å². The number of hydrogen-bond acceptors (Lipinski definition) is 3. The first-order chi connectivity index (χ1) is 11.7. The highest BCUT2D eigenvalue weighted by atomic mass is 16.5. The number of carbonyl (C=O) groups excluding carboxylic acids is 1. The summed E-state index contributed by atoms with van der Waals surface area (Å²) >= 11 is 0. The molecule has 2 aromatic rings. The van der Waals surface area contributed by atoms with Crippen LogP contribution in [0.25, 0.3) is 11.3 Å². The van der Waals surface area contributed by atoms with E-state index < -0.39 is 0 Å². The van der Waals surface area contributed by atoms with Crippen LogP contribution in [0.4, 0.5) is 0 Å².